The number of nitrogens with zero attached hydrogens (tertiary/aromatic N) is 2. The first kappa shape index (κ1) is 13.7. The summed E-state index contributed by atoms with van der Waals surface area (Å²) < 4.78 is 19.0. The van der Waals surface area contributed by atoms with Gasteiger partial charge in [0, 0.05) is 6.07 Å². The van der Waals surface area contributed by atoms with Gasteiger partial charge in [0.15, 0.2) is 11.6 Å². The molecule has 1 saturated heterocycles. The summed E-state index contributed by atoms with van der Waals surface area (Å²) in [6, 6.07) is 3.47. The summed E-state index contributed by atoms with van der Waals surface area (Å²) in [5, 5.41) is 10.5. The largest absolute Gasteiger partial charge is 0.490 e. The van der Waals surface area contributed by atoms with Gasteiger partial charge >= 0.3 is 0 Å². The van der Waals surface area contributed by atoms with Gasteiger partial charge in [0.05, 0.1) is 17.6 Å². The Hall–Kier alpha value is -1.69. The predicted molar refractivity (Wildman–Crippen MR) is 68.8 cm³/mol. The molecule has 1 aliphatic heterocycles. The minimum atomic E-state index is -0.679. The number of rotatable bonds is 4. The molecule has 0 N–H and O–H groups in total. The standard InChI is InChI=1S/C13H17FN2O3/c1-15-6-4-10(5-7-15)9-19-13-3-2-11(16(17)18)8-12(13)14/h2-3,8,10H,4-7,9H2,1H3. The lowest BCUT2D eigenvalue weighted by Gasteiger charge is -2.28. The van der Waals surface area contributed by atoms with Crippen molar-refractivity contribution < 1.29 is 14.1 Å². The van der Waals surface area contributed by atoms with Crippen molar-refractivity contribution >= 4 is 5.69 Å². The van der Waals surface area contributed by atoms with Gasteiger partial charge in [0.1, 0.15) is 0 Å². The van der Waals surface area contributed by atoms with Gasteiger partial charge in [-0.2, -0.15) is 0 Å². The number of hydrogen-bond acceptors (Lipinski definition) is 4. The fourth-order valence-electron chi connectivity index (χ4n) is 2.16. The molecular formula is C13H17FN2O3. The zero-order valence-electron chi connectivity index (χ0n) is 10.8. The van der Waals surface area contributed by atoms with Crippen molar-refractivity contribution in [1.29, 1.82) is 0 Å². The summed E-state index contributed by atoms with van der Waals surface area (Å²) in [6.45, 7) is 2.51. The molecule has 0 radical (unpaired) electrons. The van der Waals surface area contributed by atoms with E-state index in [-0.39, 0.29) is 11.4 Å². The van der Waals surface area contributed by atoms with Gasteiger partial charge in [0.2, 0.25) is 0 Å². The lowest BCUT2D eigenvalue weighted by atomic mass is 9.98. The van der Waals surface area contributed by atoms with E-state index >= 15 is 0 Å². The summed E-state index contributed by atoms with van der Waals surface area (Å²) in [4.78, 5) is 12.1. The van der Waals surface area contributed by atoms with Crippen LogP contribution in [0.2, 0.25) is 0 Å². The maximum absolute atomic E-state index is 13.6. The molecule has 1 aromatic carbocycles. The van der Waals surface area contributed by atoms with Crippen molar-refractivity contribution in [1.82, 2.24) is 4.90 Å². The van der Waals surface area contributed by atoms with Crippen LogP contribution in [0.4, 0.5) is 10.1 Å². The van der Waals surface area contributed by atoms with E-state index in [1.165, 1.54) is 12.1 Å². The van der Waals surface area contributed by atoms with Crippen LogP contribution in [0.3, 0.4) is 0 Å². The quantitative estimate of drug-likeness (QED) is 0.621. The van der Waals surface area contributed by atoms with Crippen molar-refractivity contribution in [3.05, 3.63) is 34.1 Å². The smallest absolute Gasteiger partial charge is 0.272 e. The summed E-state index contributed by atoms with van der Waals surface area (Å²) in [5.74, 6) is -0.169. The van der Waals surface area contributed by atoms with Crippen molar-refractivity contribution in [2.75, 3.05) is 26.7 Å². The maximum Gasteiger partial charge on any atom is 0.272 e. The van der Waals surface area contributed by atoms with E-state index in [1.807, 2.05) is 0 Å². The SMILES string of the molecule is CN1CCC(COc2ccc([N+](=O)[O-])cc2F)CC1. The number of hydrogen-bond donors (Lipinski definition) is 0. The molecule has 2 rings (SSSR count). The normalized spacial score (nSPS) is 17.4. The third-order valence-electron chi connectivity index (χ3n) is 3.44. The topological polar surface area (TPSA) is 55.6 Å². The summed E-state index contributed by atoms with van der Waals surface area (Å²) in [6.07, 6.45) is 2.07. The van der Waals surface area contributed by atoms with Gasteiger partial charge in [-0.3, -0.25) is 10.1 Å². The number of likely N-dealkylation sites (tertiary alicyclic amines) is 1. The monoisotopic (exact) mass is 268 g/mol. The second-order valence-corrected chi connectivity index (χ2v) is 4.93. The summed E-state index contributed by atoms with van der Waals surface area (Å²) in [5.41, 5.74) is -0.260. The average Bonchev–Trinajstić information content (AvgIpc) is 2.39. The zero-order chi connectivity index (χ0) is 13.8. The molecule has 0 spiro atoms. The van der Waals surface area contributed by atoms with Gasteiger partial charge in [-0.15, -0.1) is 0 Å². The molecule has 6 heteroatoms. The van der Waals surface area contributed by atoms with Gasteiger partial charge in [-0.05, 0) is 45.0 Å². The molecule has 19 heavy (non-hydrogen) atoms. The molecule has 0 saturated carbocycles. The lowest BCUT2D eigenvalue weighted by molar-refractivity contribution is -0.385. The number of benzene rings is 1. The van der Waals surface area contributed by atoms with E-state index < -0.39 is 10.7 Å². The van der Waals surface area contributed by atoms with Crippen LogP contribution in [0.1, 0.15) is 12.8 Å². The van der Waals surface area contributed by atoms with Crippen LogP contribution < -0.4 is 4.74 Å². The first-order chi connectivity index (χ1) is 9.06. The van der Waals surface area contributed by atoms with Crippen LogP contribution in [0.25, 0.3) is 0 Å². The van der Waals surface area contributed by atoms with Crippen molar-refractivity contribution in [3.8, 4) is 5.75 Å². The Balaban J connectivity index is 1.91. The summed E-state index contributed by atoms with van der Waals surface area (Å²) in [7, 11) is 2.08. The molecule has 0 aliphatic carbocycles. The molecule has 0 amide bonds. The van der Waals surface area contributed by atoms with Gasteiger partial charge in [-0.1, -0.05) is 0 Å². The van der Waals surface area contributed by atoms with Crippen LogP contribution in [0.15, 0.2) is 18.2 Å². The Morgan fingerprint density at radius 1 is 1.47 bits per heavy atom. The van der Waals surface area contributed by atoms with E-state index in [4.69, 9.17) is 4.74 Å². The third kappa shape index (κ3) is 3.64. The van der Waals surface area contributed by atoms with E-state index in [1.54, 1.807) is 0 Å². The van der Waals surface area contributed by atoms with Crippen LogP contribution in [-0.2, 0) is 0 Å². The minimum Gasteiger partial charge on any atom is -0.490 e. The second kappa shape index (κ2) is 5.97. The van der Waals surface area contributed by atoms with Crippen LogP contribution in [0, 0.1) is 21.8 Å². The number of ether oxygens (including phenoxy) is 1. The van der Waals surface area contributed by atoms with Crippen LogP contribution in [-0.4, -0.2) is 36.6 Å². The Bertz CT molecular complexity index is 459. The highest BCUT2D eigenvalue weighted by molar-refractivity contribution is 5.37. The molecule has 1 fully saturated rings. The Morgan fingerprint density at radius 3 is 2.74 bits per heavy atom. The maximum atomic E-state index is 13.6. The molecule has 104 valence electrons. The van der Waals surface area contributed by atoms with E-state index in [0.717, 1.165) is 32.0 Å². The molecule has 1 aliphatic rings. The van der Waals surface area contributed by atoms with Gasteiger partial charge < -0.3 is 9.64 Å². The molecular weight excluding hydrogens is 251 g/mol. The van der Waals surface area contributed by atoms with Gasteiger partial charge in [0.25, 0.3) is 5.69 Å². The first-order valence-corrected chi connectivity index (χ1v) is 6.31. The van der Waals surface area contributed by atoms with Crippen molar-refractivity contribution in [2.24, 2.45) is 5.92 Å². The number of non-ortho nitro benzene ring substituents is 1. The predicted octanol–water partition coefficient (Wildman–Crippen LogP) is 2.45. The zero-order valence-corrected chi connectivity index (χ0v) is 10.8. The molecule has 1 aromatic rings. The fourth-order valence-corrected chi connectivity index (χ4v) is 2.16. The molecule has 1 heterocycles. The Labute approximate surface area is 111 Å². The van der Waals surface area contributed by atoms with Crippen LogP contribution in [0.5, 0.6) is 5.75 Å². The number of nitro benzene ring substituents is 1. The summed E-state index contributed by atoms with van der Waals surface area (Å²) >= 11 is 0. The molecule has 0 unspecified atom stereocenters. The Morgan fingerprint density at radius 2 is 2.16 bits per heavy atom. The second-order valence-electron chi connectivity index (χ2n) is 4.93. The first-order valence-electron chi connectivity index (χ1n) is 6.31. The molecule has 0 bridgehead atoms. The number of piperidine rings is 1. The van der Waals surface area contributed by atoms with E-state index in [2.05, 4.69) is 11.9 Å². The lowest BCUT2D eigenvalue weighted by Crippen LogP contribution is -2.32. The van der Waals surface area contributed by atoms with Crippen LogP contribution >= 0.6 is 0 Å². The van der Waals surface area contributed by atoms with Crippen molar-refractivity contribution in [2.45, 2.75) is 12.8 Å². The number of halogens is 1. The third-order valence-corrected chi connectivity index (χ3v) is 3.44. The Kier molecular flexibility index (Phi) is 4.31. The average molecular weight is 268 g/mol. The highest BCUT2D eigenvalue weighted by Gasteiger charge is 2.18. The van der Waals surface area contributed by atoms with Gasteiger partial charge in [-0.25, -0.2) is 4.39 Å². The molecule has 5 nitrogen and oxygen atoms in total. The van der Waals surface area contributed by atoms with E-state index in [0.29, 0.717) is 12.5 Å². The fraction of sp³-hybridized carbons (Fsp3) is 0.538. The molecule has 0 atom stereocenters. The number of nitro groups is 1. The van der Waals surface area contributed by atoms with Crippen molar-refractivity contribution in [3.63, 3.8) is 0 Å². The highest BCUT2D eigenvalue weighted by atomic mass is 19.1. The van der Waals surface area contributed by atoms with E-state index in [9.17, 15) is 14.5 Å². The highest BCUT2D eigenvalue weighted by Crippen LogP contribution is 2.24. The molecule has 0 aromatic heterocycles. The minimum absolute atomic E-state index is 0.0875.